The Labute approximate surface area is 125 Å². The molecule has 1 aromatic heterocycles. The molecule has 21 heavy (non-hydrogen) atoms. The number of carbonyl (C=O) groups excluding carboxylic acids is 1. The molecular weight excluding hydrogens is 270 g/mol. The second kappa shape index (κ2) is 6.11. The first-order valence-electron chi connectivity index (χ1n) is 6.86. The van der Waals surface area contributed by atoms with Crippen molar-refractivity contribution >= 4 is 18.0 Å². The van der Waals surface area contributed by atoms with Crippen LogP contribution < -0.4 is 0 Å². The number of carboxylic acid groups (broad SMARTS) is 1. The topological polar surface area (TPSA) is 75.4 Å². The van der Waals surface area contributed by atoms with Crippen LogP contribution in [0.3, 0.4) is 0 Å². The number of rotatable bonds is 5. The number of nitrogens with zero attached hydrogens (tertiary/aromatic N) is 3. The molecule has 0 bridgehead atoms. The lowest BCUT2D eigenvalue weighted by atomic mass is 10.0. The molecule has 0 aliphatic carbocycles. The van der Waals surface area contributed by atoms with E-state index in [0.29, 0.717) is 6.54 Å². The van der Waals surface area contributed by atoms with Crippen molar-refractivity contribution in [1.29, 1.82) is 0 Å². The third-order valence-corrected chi connectivity index (χ3v) is 3.74. The van der Waals surface area contributed by atoms with Gasteiger partial charge in [0.05, 0.1) is 5.69 Å². The molecule has 0 saturated heterocycles. The molecule has 0 aliphatic rings. The van der Waals surface area contributed by atoms with Gasteiger partial charge in [0.15, 0.2) is 0 Å². The average Bonchev–Trinajstić information content (AvgIpc) is 2.61. The fourth-order valence-corrected chi connectivity index (χ4v) is 2.22. The van der Waals surface area contributed by atoms with Gasteiger partial charge >= 0.3 is 5.97 Å². The Bertz CT molecular complexity index is 585. The van der Waals surface area contributed by atoms with Gasteiger partial charge in [-0.15, -0.1) is 0 Å². The van der Waals surface area contributed by atoms with Gasteiger partial charge in [-0.1, -0.05) is 0 Å². The van der Waals surface area contributed by atoms with Crippen LogP contribution in [-0.2, 0) is 16.6 Å². The van der Waals surface area contributed by atoms with E-state index < -0.39 is 11.5 Å². The summed E-state index contributed by atoms with van der Waals surface area (Å²) in [6.45, 7) is 8.92. The van der Waals surface area contributed by atoms with E-state index in [-0.39, 0.29) is 5.91 Å². The highest BCUT2D eigenvalue weighted by Crippen LogP contribution is 2.17. The lowest BCUT2D eigenvalue weighted by Gasteiger charge is -2.33. The minimum Gasteiger partial charge on any atom is -0.480 e. The molecule has 1 aromatic rings. The zero-order valence-electron chi connectivity index (χ0n) is 13.5. The van der Waals surface area contributed by atoms with Crippen LogP contribution in [-0.4, -0.2) is 43.7 Å². The molecule has 0 spiro atoms. The number of aromatic nitrogens is 2. The minimum absolute atomic E-state index is 0.326. The Balaban J connectivity index is 3.03. The maximum Gasteiger partial charge on any atom is 0.329 e. The Morgan fingerprint density at radius 1 is 1.38 bits per heavy atom. The molecule has 0 saturated carbocycles. The van der Waals surface area contributed by atoms with Crippen molar-refractivity contribution in [2.75, 3.05) is 6.54 Å². The molecule has 0 atom stereocenters. The van der Waals surface area contributed by atoms with Crippen LogP contribution in [0.5, 0.6) is 0 Å². The largest absolute Gasteiger partial charge is 0.480 e. The van der Waals surface area contributed by atoms with E-state index in [1.807, 2.05) is 20.9 Å². The first kappa shape index (κ1) is 16.9. The predicted octanol–water partition coefficient (Wildman–Crippen LogP) is 1.76. The molecule has 116 valence electrons. The fraction of sp³-hybridized carbons (Fsp3) is 0.533. The summed E-state index contributed by atoms with van der Waals surface area (Å²) in [5.74, 6) is -1.35. The third kappa shape index (κ3) is 3.32. The molecule has 1 heterocycles. The van der Waals surface area contributed by atoms with Crippen LogP contribution in [0.2, 0.25) is 0 Å². The highest BCUT2D eigenvalue weighted by Gasteiger charge is 2.35. The highest BCUT2D eigenvalue weighted by molar-refractivity contribution is 5.95. The van der Waals surface area contributed by atoms with Crippen molar-refractivity contribution in [1.82, 2.24) is 14.7 Å². The van der Waals surface area contributed by atoms with Gasteiger partial charge < -0.3 is 10.0 Å². The van der Waals surface area contributed by atoms with Crippen molar-refractivity contribution in [2.45, 2.75) is 40.2 Å². The Kier molecular flexibility index (Phi) is 4.93. The highest BCUT2D eigenvalue weighted by atomic mass is 16.4. The minimum atomic E-state index is -1.24. The predicted molar refractivity (Wildman–Crippen MR) is 80.8 cm³/mol. The number of aryl methyl sites for hydroxylation is 2. The summed E-state index contributed by atoms with van der Waals surface area (Å²) < 4.78 is 1.75. The van der Waals surface area contributed by atoms with Crippen LogP contribution in [0.25, 0.3) is 6.08 Å². The Morgan fingerprint density at radius 3 is 2.33 bits per heavy atom. The molecule has 1 rings (SSSR count). The van der Waals surface area contributed by atoms with E-state index in [4.69, 9.17) is 0 Å². The smallest absolute Gasteiger partial charge is 0.329 e. The molecule has 0 radical (unpaired) electrons. The van der Waals surface area contributed by atoms with Gasteiger partial charge in [0.2, 0.25) is 5.91 Å². The lowest BCUT2D eigenvalue weighted by Crippen LogP contribution is -2.52. The van der Waals surface area contributed by atoms with Gasteiger partial charge in [0.1, 0.15) is 5.54 Å². The molecule has 0 aromatic carbocycles. The van der Waals surface area contributed by atoms with Gasteiger partial charge in [-0.3, -0.25) is 9.48 Å². The number of hydrogen-bond donors (Lipinski definition) is 1. The van der Waals surface area contributed by atoms with Crippen molar-refractivity contribution in [3.63, 3.8) is 0 Å². The van der Waals surface area contributed by atoms with Gasteiger partial charge in [-0.25, -0.2) is 4.79 Å². The standard InChI is InChI=1S/C15H23N3O3/c1-7-18(15(4,5)14(20)21)13(19)9-8-12-10(2)16-17(6)11(12)3/h8-9H,7H2,1-6H3,(H,20,21). The zero-order chi connectivity index (χ0) is 16.4. The molecule has 6 heteroatoms. The molecule has 6 nitrogen and oxygen atoms in total. The first-order chi connectivity index (χ1) is 9.62. The van der Waals surface area contributed by atoms with E-state index in [9.17, 15) is 14.7 Å². The summed E-state index contributed by atoms with van der Waals surface area (Å²) >= 11 is 0. The number of aliphatic carboxylic acids is 1. The van der Waals surface area contributed by atoms with E-state index >= 15 is 0 Å². The van der Waals surface area contributed by atoms with Crippen molar-refractivity contribution in [2.24, 2.45) is 7.05 Å². The monoisotopic (exact) mass is 293 g/mol. The van der Waals surface area contributed by atoms with E-state index in [1.165, 1.54) is 24.8 Å². The maximum absolute atomic E-state index is 12.3. The van der Waals surface area contributed by atoms with Crippen LogP contribution in [0.15, 0.2) is 6.08 Å². The quantitative estimate of drug-likeness (QED) is 0.839. The van der Waals surface area contributed by atoms with Crippen molar-refractivity contribution in [3.05, 3.63) is 23.0 Å². The molecule has 0 aliphatic heterocycles. The number of carbonyl (C=O) groups is 2. The van der Waals surface area contributed by atoms with Crippen LogP contribution in [0, 0.1) is 13.8 Å². The van der Waals surface area contributed by atoms with E-state index in [0.717, 1.165) is 17.0 Å². The van der Waals surface area contributed by atoms with Crippen molar-refractivity contribution < 1.29 is 14.7 Å². The second-order valence-electron chi connectivity index (χ2n) is 5.49. The molecular formula is C15H23N3O3. The third-order valence-electron chi connectivity index (χ3n) is 3.74. The molecule has 1 amide bonds. The SMILES string of the molecule is CCN(C(=O)C=Cc1c(C)nn(C)c1C)C(C)(C)C(=O)O. The lowest BCUT2D eigenvalue weighted by molar-refractivity contribution is -0.154. The Morgan fingerprint density at radius 2 is 1.95 bits per heavy atom. The summed E-state index contributed by atoms with van der Waals surface area (Å²) in [5, 5.41) is 13.5. The summed E-state index contributed by atoms with van der Waals surface area (Å²) in [4.78, 5) is 24.9. The average molecular weight is 293 g/mol. The number of carboxylic acids is 1. The van der Waals surface area contributed by atoms with E-state index in [2.05, 4.69) is 5.10 Å². The van der Waals surface area contributed by atoms with Gasteiger partial charge in [-0.05, 0) is 40.7 Å². The van der Waals surface area contributed by atoms with Crippen LogP contribution in [0.1, 0.15) is 37.7 Å². The van der Waals surface area contributed by atoms with Gasteiger partial charge in [-0.2, -0.15) is 5.10 Å². The fourth-order valence-electron chi connectivity index (χ4n) is 2.22. The number of hydrogen-bond acceptors (Lipinski definition) is 3. The van der Waals surface area contributed by atoms with Gasteiger partial charge in [0, 0.05) is 30.9 Å². The summed E-state index contributed by atoms with van der Waals surface area (Å²) in [6.07, 6.45) is 3.10. The van der Waals surface area contributed by atoms with Crippen molar-refractivity contribution in [3.8, 4) is 0 Å². The Hall–Kier alpha value is -2.11. The van der Waals surface area contributed by atoms with E-state index in [1.54, 1.807) is 17.7 Å². The zero-order valence-corrected chi connectivity index (χ0v) is 13.5. The molecule has 0 unspecified atom stereocenters. The number of amides is 1. The summed E-state index contributed by atoms with van der Waals surface area (Å²) in [5.41, 5.74) is 1.43. The first-order valence-corrected chi connectivity index (χ1v) is 6.86. The normalized spacial score (nSPS) is 11.9. The summed E-state index contributed by atoms with van der Waals surface area (Å²) in [7, 11) is 1.84. The van der Waals surface area contributed by atoms with Crippen LogP contribution >= 0.6 is 0 Å². The van der Waals surface area contributed by atoms with Gasteiger partial charge in [0.25, 0.3) is 0 Å². The molecule has 0 fully saturated rings. The maximum atomic E-state index is 12.3. The number of likely N-dealkylation sites (N-methyl/N-ethyl adjacent to an activating group) is 1. The van der Waals surface area contributed by atoms with Crippen LogP contribution in [0.4, 0.5) is 0 Å². The summed E-state index contributed by atoms with van der Waals surface area (Å²) in [6, 6.07) is 0. The molecule has 1 N–H and O–H groups in total. The second-order valence-corrected chi connectivity index (χ2v) is 5.49.